The van der Waals surface area contributed by atoms with E-state index in [2.05, 4.69) is 4.98 Å². The fourth-order valence-corrected chi connectivity index (χ4v) is 2.57. The average molecular weight is 315 g/mol. The molecule has 1 heterocycles. The number of ether oxygens (including phenoxy) is 2. The second-order valence-corrected chi connectivity index (χ2v) is 5.25. The van der Waals surface area contributed by atoms with Crippen molar-refractivity contribution in [2.75, 3.05) is 7.11 Å². The summed E-state index contributed by atoms with van der Waals surface area (Å²) in [6, 6.07) is 1.34. The van der Waals surface area contributed by atoms with Crippen molar-refractivity contribution in [1.82, 2.24) is 4.98 Å². The molecular formula is C13H15ClN2O5. The zero-order valence-corrected chi connectivity index (χ0v) is 12.2. The predicted molar refractivity (Wildman–Crippen MR) is 74.3 cm³/mol. The van der Waals surface area contributed by atoms with Gasteiger partial charge in [0.1, 0.15) is 17.3 Å². The fourth-order valence-electron chi connectivity index (χ4n) is 2.36. The molecule has 1 saturated carbocycles. The lowest BCUT2D eigenvalue weighted by Gasteiger charge is -2.27. The molecule has 114 valence electrons. The molecule has 0 saturated heterocycles. The highest BCUT2D eigenvalue weighted by atomic mass is 35.5. The van der Waals surface area contributed by atoms with Gasteiger partial charge in [-0.3, -0.25) is 14.9 Å². The van der Waals surface area contributed by atoms with Crippen LogP contribution in [0.4, 0.5) is 5.69 Å². The lowest BCUT2D eigenvalue weighted by atomic mass is 9.87. The highest BCUT2D eigenvalue weighted by Crippen LogP contribution is 2.30. The minimum absolute atomic E-state index is 0.00625. The van der Waals surface area contributed by atoms with Crippen LogP contribution in [0.5, 0.6) is 5.88 Å². The van der Waals surface area contributed by atoms with E-state index in [1.54, 1.807) is 0 Å². The number of pyridine rings is 1. The van der Waals surface area contributed by atoms with Gasteiger partial charge in [-0.15, -0.1) is 0 Å². The van der Waals surface area contributed by atoms with E-state index in [9.17, 15) is 14.9 Å². The lowest BCUT2D eigenvalue weighted by Crippen LogP contribution is -2.28. The summed E-state index contributed by atoms with van der Waals surface area (Å²) < 4.78 is 10.4. The summed E-state index contributed by atoms with van der Waals surface area (Å²) in [5.41, 5.74) is -0.251. The number of rotatable bonds is 4. The molecular weight excluding hydrogens is 300 g/mol. The molecule has 0 spiro atoms. The fraction of sp³-hybridized carbons (Fsp3) is 0.538. The topological polar surface area (TPSA) is 91.6 Å². The Hall–Kier alpha value is -1.89. The van der Waals surface area contributed by atoms with Crippen LogP contribution in [0.3, 0.4) is 0 Å². The van der Waals surface area contributed by atoms with Gasteiger partial charge in [-0.05, 0) is 25.7 Å². The predicted octanol–water partition coefficient (Wildman–Crippen LogP) is 2.75. The molecule has 0 aromatic carbocycles. The number of nitro groups is 1. The second-order valence-electron chi connectivity index (χ2n) is 4.85. The molecule has 1 aliphatic carbocycles. The summed E-state index contributed by atoms with van der Waals surface area (Å²) in [5.74, 6) is -0.0136. The SMILES string of the molecule is COC(=O)C1CCC(Oc2cc(Cl)c([N+](=O)[O-])cn2)CC1. The third kappa shape index (κ3) is 3.81. The van der Waals surface area contributed by atoms with E-state index in [1.165, 1.54) is 13.2 Å². The maximum absolute atomic E-state index is 11.4. The molecule has 0 N–H and O–H groups in total. The minimum Gasteiger partial charge on any atom is -0.474 e. The molecule has 7 nitrogen and oxygen atoms in total. The Morgan fingerprint density at radius 3 is 2.62 bits per heavy atom. The highest BCUT2D eigenvalue weighted by Gasteiger charge is 2.28. The van der Waals surface area contributed by atoms with Crippen molar-refractivity contribution >= 4 is 23.3 Å². The van der Waals surface area contributed by atoms with Gasteiger partial charge in [0, 0.05) is 6.07 Å². The molecule has 1 aromatic rings. The Bertz CT molecular complexity index is 543. The first-order valence-corrected chi connectivity index (χ1v) is 6.93. The zero-order valence-electron chi connectivity index (χ0n) is 11.5. The second kappa shape index (κ2) is 6.71. The zero-order chi connectivity index (χ0) is 15.4. The Morgan fingerprint density at radius 2 is 2.10 bits per heavy atom. The molecule has 1 aliphatic rings. The third-order valence-corrected chi connectivity index (χ3v) is 3.80. The van der Waals surface area contributed by atoms with Gasteiger partial charge in [-0.1, -0.05) is 11.6 Å². The number of carbonyl (C=O) groups is 1. The molecule has 0 radical (unpaired) electrons. The molecule has 0 unspecified atom stereocenters. The van der Waals surface area contributed by atoms with Crippen LogP contribution >= 0.6 is 11.6 Å². The van der Waals surface area contributed by atoms with Crippen LogP contribution in [0.15, 0.2) is 12.3 Å². The number of methoxy groups -OCH3 is 1. The lowest BCUT2D eigenvalue weighted by molar-refractivity contribution is -0.385. The molecule has 1 fully saturated rings. The van der Waals surface area contributed by atoms with E-state index in [1.807, 2.05) is 0 Å². The van der Waals surface area contributed by atoms with Crippen LogP contribution in [0.2, 0.25) is 5.02 Å². The van der Waals surface area contributed by atoms with E-state index in [0.29, 0.717) is 25.7 Å². The van der Waals surface area contributed by atoms with Crippen molar-refractivity contribution in [3.8, 4) is 5.88 Å². The van der Waals surface area contributed by atoms with Crippen LogP contribution in [0.25, 0.3) is 0 Å². The summed E-state index contributed by atoms with van der Waals surface area (Å²) >= 11 is 5.80. The van der Waals surface area contributed by atoms with Gasteiger partial charge >= 0.3 is 11.7 Å². The molecule has 0 bridgehead atoms. The van der Waals surface area contributed by atoms with Crippen molar-refractivity contribution in [3.05, 3.63) is 27.4 Å². The number of hydrogen-bond acceptors (Lipinski definition) is 6. The summed E-state index contributed by atoms with van der Waals surface area (Å²) in [7, 11) is 1.38. The monoisotopic (exact) mass is 314 g/mol. The van der Waals surface area contributed by atoms with E-state index in [-0.39, 0.29) is 34.6 Å². The van der Waals surface area contributed by atoms with Gasteiger partial charge in [-0.2, -0.15) is 0 Å². The van der Waals surface area contributed by atoms with E-state index < -0.39 is 4.92 Å². The minimum atomic E-state index is -0.597. The molecule has 0 aliphatic heterocycles. The molecule has 8 heteroatoms. The van der Waals surface area contributed by atoms with E-state index >= 15 is 0 Å². The molecule has 0 amide bonds. The van der Waals surface area contributed by atoms with Crippen molar-refractivity contribution in [1.29, 1.82) is 0 Å². The summed E-state index contributed by atoms with van der Waals surface area (Å²) in [4.78, 5) is 25.4. The average Bonchev–Trinajstić information content (AvgIpc) is 2.47. The first-order chi connectivity index (χ1) is 10.0. The maximum Gasteiger partial charge on any atom is 0.308 e. The smallest absolute Gasteiger partial charge is 0.308 e. The van der Waals surface area contributed by atoms with Gasteiger partial charge < -0.3 is 9.47 Å². The molecule has 1 aromatic heterocycles. The van der Waals surface area contributed by atoms with Gasteiger partial charge in [0.05, 0.1) is 18.0 Å². The number of hydrogen-bond donors (Lipinski definition) is 0. The number of aromatic nitrogens is 1. The Kier molecular flexibility index (Phi) is 4.95. The first-order valence-electron chi connectivity index (χ1n) is 6.55. The molecule has 21 heavy (non-hydrogen) atoms. The van der Waals surface area contributed by atoms with E-state index in [0.717, 1.165) is 6.20 Å². The van der Waals surface area contributed by atoms with Crippen molar-refractivity contribution < 1.29 is 19.2 Å². The van der Waals surface area contributed by atoms with Gasteiger partial charge in [-0.25, -0.2) is 4.98 Å². The normalized spacial score (nSPS) is 21.6. The summed E-state index contributed by atoms with van der Waals surface area (Å²) in [6.45, 7) is 0. The quantitative estimate of drug-likeness (QED) is 0.482. The van der Waals surface area contributed by atoms with Gasteiger partial charge in [0.15, 0.2) is 0 Å². The summed E-state index contributed by atoms with van der Waals surface area (Å²) in [5, 5.41) is 10.6. The Labute approximate surface area is 126 Å². The largest absolute Gasteiger partial charge is 0.474 e. The van der Waals surface area contributed by atoms with Crippen LogP contribution in [-0.2, 0) is 9.53 Å². The maximum atomic E-state index is 11.4. The van der Waals surface area contributed by atoms with Crippen LogP contribution < -0.4 is 4.74 Å². The number of carbonyl (C=O) groups excluding carboxylic acids is 1. The summed E-state index contributed by atoms with van der Waals surface area (Å²) in [6.07, 6.45) is 3.80. The van der Waals surface area contributed by atoms with Crippen molar-refractivity contribution in [2.45, 2.75) is 31.8 Å². The first kappa shape index (κ1) is 15.5. The van der Waals surface area contributed by atoms with Gasteiger partial charge in [0.2, 0.25) is 5.88 Å². The van der Waals surface area contributed by atoms with Crippen molar-refractivity contribution in [3.63, 3.8) is 0 Å². The number of esters is 1. The van der Waals surface area contributed by atoms with Gasteiger partial charge in [0.25, 0.3) is 0 Å². The van der Waals surface area contributed by atoms with E-state index in [4.69, 9.17) is 21.1 Å². The van der Waals surface area contributed by atoms with Crippen LogP contribution in [0, 0.1) is 16.0 Å². The highest BCUT2D eigenvalue weighted by molar-refractivity contribution is 6.32. The molecule has 2 rings (SSSR count). The van der Waals surface area contributed by atoms with Crippen molar-refractivity contribution in [2.24, 2.45) is 5.92 Å². The molecule has 0 atom stereocenters. The number of halogens is 1. The van der Waals surface area contributed by atoms with Crippen LogP contribution in [-0.4, -0.2) is 29.1 Å². The number of nitrogens with zero attached hydrogens (tertiary/aromatic N) is 2. The van der Waals surface area contributed by atoms with Crippen LogP contribution in [0.1, 0.15) is 25.7 Å². The Morgan fingerprint density at radius 1 is 1.43 bits per heavy atom. The third-order valence-electron chi connectivity index (χ3n) is 3.50. The Balaban J connectivity index is 1.93. The standard InChI is InChI=1S/C13H15ClN2O5/c1-20-13(17)8-2-4-9(5-3-8)21-12-6-10(14)11(7-15-12)16(18)19/h6-9H,2-5H2,1H3.